The lowest BCUT2D eigenvalue weighted by atomic mass is 9.84. The van der Waals surface area contributed by atoms with E-state index in [1.165, 1.54) is 24.1 Å². The van der Waals surface area contributed by atoms with Crippen molar-refractivity contribution in [3.63, 3.8) is 0 Å². The minimum Gasteiger partial charge on any atom is -0.384 e. The average Bonchev–Trinajstić information content (AvgIpc) is 2.29. The molecule has 60 valence electrons. The molecule has 0 saturated carbocycles. The summed E-state index contributed by atoms with van der Waals surface area (Å²) in [5.41, 5.74) is 3.29. The van der Waals surface area contributed by atoms with Crippen molar-refractivity contribution >= 4 is 0 Å². The van der Waals surface area contributed by atoms with Crippen LogP contribution in [0, 0.1) is 5.41 Å². The number of hydrogen-bond donors (Lipinski definition) is 1. The number of rotatable bonds is 0. The van der Waals surface area contributed by atoms with E-state index in [0.717, 1.165) is 6.54 Å². The van der Waals surface area contributed by atoms with Gasteiger partial charge < -0.3 is 5.32 Å². The Labute approximate surface area is 68.2 Å². The van der Waals surface area contributed by atoms with E-state index in [2.05, 4.69) is 31.3 Å². The molecule has 1 saturated heterocycles. The molecule has 0 radical (unpaired) electrons. The van der Waals surface area contributed by atoms with Crippen molar-refractivity contribution in [1.82, 2.24) is 5.32 Å². The summed E-state index contributed by atoms with van der Waals surface area (Å²) in [4.78, 5) is 0. The predicted octanol–water partition coefficient (Wildman–Crippen LogP) is 2.22. The molecule has 0 unspecified atom stereocenters. The molecule has 1 N–H and O–H groups in total. The fourth-order valence-corrected chi connectivity index (χ4v) is 1.89. The second kappa shape index (κ2) is 2.13. The maximum Gasteiger partial charge on any atom is 0.0335 e. The van der Waals surface area contributed by atoms with E-state index in [0.29, 0.717) is 5.41 Å². The highest BCUT2D eigenvalue weighted by Crippen LogP contribution is 2.38. The minimum atomic E-state index is 0.367. The highest BCUT2D eigenvalue weighted by Gasteiger charge is 2.32. The fourth-order valence-electron chi connectivity index (χ4n) is 1.89. The standard InChI is InChI=1S/C10H15N/c1-10(2)7-11-9-6-4-3-5-8(9)10/h5-6,11H,3-4,7H2,1-2H3. The molecule has 1 aliphatic carbocycles. The summed E-state index contributed by atoms with van der Waals surface area (Å²) in [7, 11) is 0. The Morgan fingerprint density at radius 1 is 1.27 bits per heavy atom. The van der Waals surface area contributed by atoms with Crippen LogP contribution in [-0.2, 0) is 0 Å². The lowest BCUT2D eigenvalue weighted by Crippen LogP contribution is -2.16. The normalized spacial score (nSPS) is 26.7. The molecule has 2 aliphatic rings. The molecule has 1 nitrogen and oxygen atoms in total. The van der Waals surface area contributed by atoms with E-state index in [-0.39, 0.29) is 0 Å². The zero-order valence-corrected chi connectivity index (χ0v) is 7.28. The summed E-state index contributed by atoms with van der Waals surface area (Å²) in [6.07, 6.45) is 7.14. The first-order valence-corrected chi connectivity index (χ1v) is 4.35. The quantitative estimate of drug-likeness (QED) is 0.557. The van der Waals surface area contributed by atoms with Gasteiger partial charge in [-0.25, -0.2) is 0 Å². The third kappa shape index (κ3) is 0.991. The first-order chi connectivity index (χ1) is 5.20. The zero-order chi connectivity index (χ0) is 7.90. The summed E-state index contributed by atoms with van der Waals surface area (Å²) in [5.74, 6) is 0. The Morgan fingerprint density at radius 3 is 2.73 bits per heavy atom. The summed E-state index contributed by atoms with van der Waals surface area (Å²) < 4.78 is 0. The largest absolute Gasteiger partial charge is 0.384 e. The molecule has 0 bridgehead atoms. The van der Waals surface area contributed by atoms with Gasteiger partial charge in [-0.05, 0) is 18.4 Å². The highest BCUT2D eigenvalue weighted by molar-refractivity contribution is 5.41. The minimum absolute atomic E-state index is 0.367. The van der Waals surface area contributed by atoms with Crippen molar-refractivity contribution in [3.05, 3.63) is 23.4 Å². The summed E-state index contributed by atoms with van der Waals surface area (Å²) in [6.45, 7) is 5.71. The zero-order valence-electron chi connectivity index (χ0n) is 7.28. The second-order valence-electron chi connectivity index (χ2n) is 4.05. The molecule has 1 heteroatoms. The summed E-state index contributed by atoms with van der Waals surface area (Å²) >= 11 is 0. The highest BCUT2D eigenvalue weighted by atomic mass is 14.9. The predicted molar refractivity (Wildman–Crippen MR) is 47.2 cm³/mol. The van der Waals surface area contributed by atoms with Gasteiger partial charge in [-0.2, -0.15) is 0 Å². The van der Waals surface area contributed by atoms with Crippen LogP contribution >= 0.6 is 0 Å². The van der Waals surface area contributed by atoms with Crippen molar-refractivity contribution in [2.24, 2.45) is 5.41 Å². The Balaban J connectivity index is 2.38. The van der Waals surface area contributed by atoms with Crippen molar-refractivity contribution in [1.29, 1.82) is 0 Å². The topological polar surface area (TPSA) is 12.0 Å². The number of allylic oxidation sites excluding steroid dienone is 3. The van der Waals surface area contributed by atoms with Crippen molar-refractivity contribution in [3.8, 4) is 0 Å². The number of fused-ring (bicyclic) bond motifs is 1. The maximum absolute atomic E-state index is 3.44. The van der Waals surface area contributed by atoms with Gasteiger partial charge in [-0.15, -0.1) is 0 Å². The van der Waals surface area contributed by atoms with Gasteiger partial charge in [0, 0.05) is 17.7 Å². The van der Waals surface area contributed by atoms with Crippen LogP contribution in [0.1, 0.15) is 26.7 Å². The maximum atomic E-state index is 3.44. The SMILES string of the molecule is CC1(C)CNC2=CCCC=C21. The van der Waals surface area contributed by atoms with Gasteiger partial charge >= 0.3 is 0 Å². The molecule has 0 aromatic heterocycles. The Hall–Kier alpha value is -0.720. The number of nitrogens with one attached hydrogen (secondary N) is 1. The smallest absolute Gasteiger partial charge is 0.0335 e. The van der Waals surface area contributed by atoms with E-state index in [1.807, 2.05) is 0 Å². The molecule has 0 amide bonds. The van der Waals surface area contributed by atoms with Gasteiger partial charge in [-0.1, -0.05) is 26.0 Å². The summed E-state index contributed by atoms with van der Waals surface area (Å²) in [5, 5.41) is 3.44. The Morgan fingerprint density at radius 2 is 2.00 bits per heavy atom. The monoisotopic (exact) mass is 149 g/mol. The van der Waals surface area contributed by atoms with Crippen LogP contribution in [0.25, 0.3) is 0 Å². The molecule has 0 aromatic rings. The Bertz CT molecular complexity index is 233. The van der Waals surface area contributed by atoms with Crippen LogP contribution in [0.4, 0.5) is 0 Å². The van der Waals surface area contributed by atoms with E-state index in [4.69, 9.17) is 0 Å². The van der Waals surface area contributed by atoms with E-state index in [1.54, 1.807) is 0 Å². The molecular weight excluding hydrogens is 134 g/mol. The molecule has 0 atom stereocenters. The van der Waals surface area contributed by atoms with Gasteiger partial charge in [0.05, 0.1) is 0 Å². The molecule has 0 aromatic carbocycles. The van der Waals surface area contributed by atoms with Crippen LogP contribution in [0.3, 0.4) is 0 Å². The van der Waals surface area contributed by atoms with Gasteiger partial charge in [0.15, 0.2) is 0 Å². The van der Waals surface area contributed by atoms with Gasteiger partial charge in [0.1, 0.15) is 0 Å². The second-order valence-corrected chi connectivity index (χ2v) is 4.05. The molecule has 11 heavy (non-hydrogen) atoms. The molecule has 1 heterocycles. The van der Waals surface area contributed by atoms with Crippen LogP contribution in [0.2, 0.25) is 0 Å². The average molecular weight is 149 g/mol. The third-order valence-electron chi connectivity index (χ3n) is 2.60. The van der Waals surface area contributed by atoms with Crippen LogP contribution in [0.5, 0.6) is 0 Å². The van der Waals surface area contributed by atoms with Gasteiger partial charge in [0.25, 0.3) is 0 Å². The fraction of sp³-hybridized carbons (Fsp3) is 0.600. The molecule has 2 rings (SSSR count). The van der Waals surface area contributed by atoms with E-state index < -0.39 is 0 Å². The molecule has 1 fully saturated rings. The lowest BCUT2D eigenvalue weighted by molar-refractivity contribution is 0.488. The third-order valence-corrected chi connectivity index (χ3v) is 2.60. The first kappa shape index (κ1) is 6.96. The molecule has 0 spiro atoms. The van der Waals surface area contributed by atoms with Gasteiger partial charge in [0.2, 0.25) is 0 Å². The van der Waals surface area contributed by atoms with Crippen LogP contribution in [0.15, 0.2) is 23.4 Å². The van der Waals surface area contributed by atoms with Crippen molar-refractivity contribution in [2.45, 2.75) is 26.7 Å². The molecular formula is C10H15N. The van der Waals surface area contributed by atoms with E-state index >= 15 is 0 Å². The van der Waals surface area contributed by atoms with Crippen molar-refractivity contribution < 1.29 is 0 Å². The van der Waals surface area contributed by atoms with Crippen molar-refractivity contribution in [2.75, 3.05) is 6.54 Å². The van der Waals surface area contributed by atoms with Crippen LogP contribution < -0.4 is 5.32 Å². The Kier molecular flexibility index (Phi) is 1.35. The van der Waals surface area contributed by atoms with Crippen LogP contribution in [-0.4, -0.2) is 6.54 Å². The lowest BCUT2D eigenvalue weighted by Gasteiger charge is -2.19. The summed E-state index contributed by atoms with van der Waals surface area (Å²) in [6, 6.07) is 0. The van der Waals surface area contributed by atoms with Gasteiger partial charge in [-0.3, -0.25) is 0 Å². The first-order valence-electron chi connectivity index (χ1n) is 4.35. The van der Waals surface area contributed by atoms with E-state index in [9.17, 15) is 0 Å². The number of hydrogen-bond acceptors (Lipinski definition) is 1. The molecule has 1 aliphatic heterocycles.